The molecule has 2 aromatic carbocycles. The summed E-state index contributed by atoms with van der Waals surface area (Å²) in [4.78, 5) is 12.0. The van der Waals surface area contributed by atoms with Crippen molar-refractivity contribution in [3.05, 3.63) is 70.3 Å². The SMILES string of the molecule is Cc1ccc(C(=O)NCC#Cc2cccc(C(F)(F)F)c2)cc1C. The normalized spacial score (nSPS) is 10.7. The number of halogens is 3. The highest BCUT2D eigenvalue weighted by atomic mass is 19.4. The van der Waals surface area contributed by atoms with E-state index in [2.05, 4.69) is 17.2 Å². The van der Waals surface area contributed by atoms with Gasteiger partial charge in [0.2, 0.25) is 0 Å². The van der Waals surface area contributed by atoms with Gasteiger partial charge in [0.05, 0.1) is 12.1 Å². The second kappa shape index (κ2) is 7.22. The highest BCUT2D eigenvalue weighted by Gasteiger charge is 2.30. The third-order valence-electron chi connectivity index (χ3n) is 3.53. The lowest BCUT2D eigenvalue weighted by molar-refractivity contribution is -0.137. The van der Waals surface area contributed by atoms with E-state index in [1.807, 2.05) is 19.9 Å². The monoisotopic (exact) mass is 331 g/mol. The first kappa shape index (κ1) is 17.6. The molecular formula is C19H16F3NO. The number of alkyl halides is 3. The van der Waals surface area contributed by atoms with Crippen LogP contribution in [-0.4, -0.2) is 12.5 Å². The Morgan fingerprint density at radius 2 is 1.83 bits per heavy atom. The lowest BCUT2D eigenvalue weighted by Crippen LogP contribution is -2.23. The van der Waals surface area contributed by atoms with E-state index in [1.165, 1.54) is 12.1 Å². The second-order valence-electron chi connectivity index (χ2n) is 5.36. The standard InChI is InChI=1S/C19H16F3NO/c1-13-8-9-16(11-14(13)2)18(24)23-10-4-6-15-5-3-7-17(12-15)19(20,21)22/h3,5,7-9,11-12H,10H2,1-2H3,(H,23,24). The molecule has 0 saturated heterocycles. The van der Waals surface area contributed by atoms with E-state index in [0.717, 1.165) is 23.3 Å². The fourth-order valence-corrected chi connectivity index (χ4v) is 2.03. The smallest absolute Gasteiger partial charge is 0.341 e. The van der Waals surface area contributed by atoms with Crippen molar-refractivity contribution in [3.63, 3.8) is 0 Å². The van der Waals surface area contributed by atoms with Crippen LogP contribution in [0.3, 0.4) is 0 Å². The molecule has 1 amide bonds. The number of aryl methyl sites for hydroxylation is 2. The van der Waals surface area contributed by atoms with E-state index < -0.39 is 11.7 Å². The zero-order valence-electron chi connectivity index (χ0n) is 13.3. The van der Waals surface area contributed by atoms with Crippen LogP contribution < -0.4 is 5.32 Å². The summed E-state index contributed by atoms with van der Waals surface area (Å²) in [6, 6.07) is 10.1. The van der Waals surface area contributed by atoms with Gasteiger partial charge in [-0.05, 0) is 55.3 Å². The Kier molecular flexibility index (Phi) is 5.30. The third-order valence-corrected chi connectivity index (χ3v) is 3.53. The summed E-state index contributed by atoms with van der Waals surface area (Å²) >= 11 is 0. The highest BCUT2D eigenvalue weighted by Crippen LogP contribution is 2.29. The third kappa shape index (κ3) is 4.63. The van der Waals surface area contributed by atoms with Crippen LogP contribution in [-0.2, 0) is 6.18 Å². The van der Waals surface area contributed by atoms with Crippen molar-refractivity contribution in [2.75, 3.05) is 6.54 Å². The molecule has 0 radical (unpaired) electrons. The number of rotatable bonds is 2. The average molecular weight is 331 g/mol. The van der Waals surface area contributed by atoms with Gasteiger partial charge in [-0.2, -0.15) is 13.2 Å². The van der Waals surface area contributed by atoms with Crippen LogP contribution in [0.2, 0.25) is 0 Å². The molecule has 2 nitrogen and oxygen atoms in total. The molecule has 0 spiro atoms. The number of hydrogen-bond donors (Lipinski definition) is 1. The van der Waals surface area contributed by atoms with Gasteiger partial charge < -0.3 is 5.32 Å². The van der Waals surface area contributed by atoms with Crippen molar-refractivity contribution >= 4 is 5.91 Å². The van der Waals surface area contributed by atoms with Gasteiger partial charge in [0.1, 0.15) is 0 Å². The molecule has 0 aliphatic rings. The molecule has 0 aromatic heterocycles. The summed E-state index contributed by atoms with van der Waals surface area (Å²) in [6.07, 6.45) is -4.39. The van der Waals surface area contributed by atoms with Crippen LogP contribution in [0, 0.1) is 25.7 Å². The maximum absolute atomic E-state index is 12.6. The van der Waals surface area contributed by atoms with Crippen molar-refractivity contribution in [1.82, 2.24) is 5.32 Å². The fourth-order valence-electron chi connectivity index (χ4n) is 2.03. The van der Waals surface area contributed by atoms with Crippen LogP contribution in [0.1, 0.15) is 32.6 Å². The topological polar surface area (TPSA) is 29.1 Å². The first-order valence-corrected chi connectivity index (χ1v) is 7.29. The molecule has 0 aliphatic carbocycles. The zero-order chi connectivity index (χ0) is 17.7. The Morgan fingerprint density at radius 1 is 1.08 bits per heavy atom. The predicted molar refractivity (Wildman–Crippen MR) is 86.6 cm³/mol. The highest BCUT2D eigenvalue weighted by molar-refractivity contribution is 5.94. The summed E-state index contributed by atoms with van der Waals surface area (Å²) in [5.74, 6) is 5.01. The molecule has 1 N–H and O–H groups in total. The van der Waals surface area contributed by atoms with Crippen LogP contribution in [0.5, 0.6) is 0 Å². The predicted octanol–water partition coefficient (Wildman–Crippen LogP) is 4.10. The van der Waals surface area contributed by atoms with Crippen LogP contribution in [0.15, 0.2) is 42.5 Å². The van der Waals surface area contributed by atoms with Crippen LogP contribution in [0.25, 0.3) is 0 Å². The summed E-state index contributed by atoms with van der Waals surface area (Å²) in [7, 11) is 0. The minimum absolute atomic E-state index is 0.0575. The largest absolute Gasteiger partial charge is 0.416 e. The van der Waals surface area contributed by atoms with Crippen molar-refractivity contribution in [2.45, 2.75) is 20.0 Å². The lowest BCUT2D eigenvalue weighted by atomic mass is 10.1. The van der Waals surface area contributed by atoms with Crippen molar-refractivity contribution < 1.29 is 18.0 Å². The molecule has 2 aromatic rings. The van der Waals surface area contributed by atoms with Crippen molar-refractivity contribution in [2.24, 2.45) is 0 Å². The molecule has 0 aliphatic heterocycles. The van der Waals surface area contributed by atoms with Gasteiger partial charge in [-0.1, -0.05) is 24.0 Å². The number of benzene rings is 2. The number of nitrogens with one attached hydrogen (secondary N) is 1. The molecule has 0 fully saturated rings. The van der Waals surface area contributed by atoms with Crippen LogP contribution >= 0.6 is 0 Å². The van der Waals surface area contributed by atoms with Gasteiger partial charge in [-0.25, -0.2) is 0 Å². The summed E-state index contributed by atoms with van der Waals surface area (Å²) in [5.41, 5.74) is 2.14. The van der Waals surface area contributed by atoms with E-state index in [4.69, 9.17) is 0 Å². The molecule has 0 heterocycles. The summed E-state index contributed by atoms with van der Waals surface area (Å²) in [5, 5.41) is 2.63. The van der Waals surface area contributed by atoms with Gasteiger partial charge in [0.25, 0.3) is 5.91 Å². The zero-order valence-corrected chi connectivity index (χ0v) is 13.3. The fraction of sp³-hybridized carbons (Fsp3) is 0.211. The van der Waals surface area contributed by atoms with Gasteiger partial charge in [-0.15, -0.1) is 0 Å². The van der Waals surface area contributed by atoms with Gasteiger partial charge in [0.15, 0.2) is 0 Å². The van der Waals surface area contributed by atoms with Crippen molar-refractivity contribution in [3.8, 4) is 11.8 Å². The molecule has 0 saturated carbocycles. The Balaban J connectivity index is 1.99. The number of carbonyl (C=O) groups excluding carboxylic acids is 1. The molecular weight excluding hydrogens is 315 g/mol. The Morgan fingerprint density at radius 3 is 2.50 bits per heavy atom. The van der Waals surface area contributed by atoms with E-state index in [1.54, 1.807) is 12.1 Å². The molecule has 24 heavy (non-hydrogen) atoms. The lowest BCUT2D eigenvalue weighted by Gasteiger charge is -2.06. The average Bonchev–Trinajstić information content (AvgIpc) is 2.53. The molecule has 0 bridgehead atoms. The van der Waals surface area contributed by atoms with Crippen LogP contribution in [0.4, 0.5) is 13.2 Å². The summed E-state index contributed by atoms with van der Waals surface area (Å²) in [6.45, 7) is 3.93. The molecule has 0 atom stereocenters. The van der Waals surface area contributed by atoms with Gasteiger partial charge >= 0.3 is 6.18 Å². The maximum atomic E-state index is 12.6. The molecule has 0 unspecified atom stereocenters. The van der Waals surface area contributed by atoms with E-state index in [9.17, 15) is 18.0 Å². The summed E-state index contributed by atoms with van der Waals surface area (Å²) < 4.78 is 37.8. The molecule has 124 valence electrons. The quantitative estimate of drug-likeness (QED) is 0.825. The maximum Gasteiger partial charge on any atom is 0.416 e. The number of amides is 1. The Hall–Kier alpha value is -2.74. The Bertz CT molecular complexity index is 813. The Labute approximate surface area is 138 Å². The second-order valence-corrected chi connectivity index (χ2v) is 5.36. The first-order valence-electron chi connectivity index (χ1n) is 7.29. The minimum atomic E-state index is -4.39. The molecule has 2 rings (SSSR count). The number of hydrogen-bond acceptors (Lipinski definition) is 1. The van der Waals surface area contributed by atoms with E-state index in [0.29, 0.717) is 5.56 Å². The van der Waals surface area contributed by atoms with Gasteiger partial charge in [0, 0.05) is 11.1 Å². The van der Waals surface area contributed by atoms with E-state index in [-0.39, 0.29) is 18.0 Å². The van der Waals surface area contributed by atoms with Gasteiger partial charge in [-0.3, -0.25) is 4.79 Å². The number of carbonyl (C=O) groups is 1. The molecule has 5 heteroatoms. The first-order chi connectivity index (χ1) is 11.3. The van der Waals surface area contributed by atoms with E-state index >= 15 is 0 Å². The van der Waals surface area contributed by atoms with Crippen molar-refractivity contribution in [1.29, 1.82) is 0 Å². The minimum Gasteiger partial charge on any atom is -0.341 e.